The molecule has 0 bridgehead atoms. The van der Waals surface area contributed by atoms with Crippen LogP contribution in [0.5, 0.6) is 0 Å². The van der Waals surface area contributed by atoms with Gasteiger partial charge in [-0.15, -0.1) is 0 Å². The first-order valence-electron chi connectivity index (χ1n) is 7.32. The van der Waals surface area contributed by atoms with Crippen molar-refractivity contribution >= 4 is 5.91 Å². The number of rotatable bonds is 6. The molecule has 1 saturated carbocycles. The summed E-state index contributed by atoms with van der Waals surface area (Å²) in [5.74, 6) is 0.154. The molecule has 0 saturated heterocycles. The third-order valence-electron chi connectivity index (χ3n) is 4.11. The highest BCUT2D eigenvalue weighted by molar-refractivity contribution is 5.78. The Hall–Kier alpha value is -0.610. The molecule has 106 valence electrons. The van der Waals surface area contributed by atoms with E-state index in [0.717, 1.165) is 38.5 Å². The van der Waals surface area contributed by atoms with Crippen LogP contribution in [0.3, 0.4) is 0 Å². The lowest BCUT2D eigenvalue weighted by atomic mass is 9.91. The van der Waals surface area contributed by atoms with Crippen LogP contribution in [0.15, 0.2) is 0 Å². The van der Waals surface area contributed by atoms with Crippen molar-refractivity contribution in [2.75, 3.05) is 13.6 Å². The van der Waals surface area contributed by atoms with E-state index in [-0.39, 0.29) is 5.91 Å². The molecule has 0 atom stereocenters. The monoisotopic (exact) mass is 255 g/mol. The molecule has 1 rings (SSSR count). The Bertz CT molecular complexity index is 245. The Kier molecular flexibility index (Phi) is 6.65. The largest absolute Gasteiger partial charge is 0.352 e. The molecule has 1 fully saturated rings. The zero-order valence-corrected chi connectivity index (χ0v) is 12.1. The van der Waals surface area contributed by atoms with Gasteiger partial charge in [-0.25, -0.2) is 0 Å². The van der Waals surface area contributed by atoms with Crippen LogP contribution in [0.25, 0.3) is 0 Å². The van der Waals surface area contributed by atoms with E-state index in [4.69, 9.17) is 5.73 Å². The summed E-state index contributed by atoms with van der Waals surface area (Å²) in [4.78, 5) is 14.1. The zero-order chi connectivity index (χ0) is 13.5. The molecule has 0 heterocycles. The van der Waals surface area contributed by atoms with Gasteiger partial charge in [0.1, 0.15) is 0 Å². The van der Waals surface area contributed by atoms with Crippen LogP contribution in [0.2, 0.25) is 0 Å². The second-order valence-electron chi connectivity index (χ2n) is 5.56. The lowest BCUT2D eigenvalue weighted by Crippen LogP contribution is -2.45. The SMILES string of the molecule is CCC(CC)NC(=O)CN(C)C1CCC(N)CC1. The number of nitrogens with two attached hydrogens (primary N) is 1. The number of amides is 1. The second kappa shape index (κ2) is 7.74. The highest BCUT2D eigenvalue weighted by Crippen LogP contribution is 2.20. The molecule has 18 heavy (non-hydrogen) atoms. The third-order valence-corrected chi connectivity index (χ3v) is 4.11. The van der Waals surface area contributed by atoms with Crippen LogP contribution < -0.4 is 11.1 Å². The van der Waals surface area contributed by atoms with Crippen LogP contribution in [0, 0.1) is 0 Å². The minimum atomic E-state index is 0.154. The molecule has 0 aromatic rings. The van der Waals surface area contributed by atoms with Gasteiger partial charge >= 0.3 is 0 Å². The third kappa shape index (κ3) is 4.94. The number of hydrogen-bond donors (Lipinski definition) is 2. The van der Waals surface area contributed by atoms with Gasteiger partial charge in [0.05, 0.1) is 6.54 Å². The number of carbonyl (C=O) groups excluding carboxylic acids is 1. The Balaban J connectivity index is 2.30. The predicted octanol–water partition coefficient (Wildman–Crippen LogP) is 1.49. The summed E-state index contributed by atoms with van der Waals surface area (Å²) < 4.78 is 0. The van der Waals surface area contributed by atoms with Gasteiger partial charge in [0.2, 0.25) is 5.91 Å². The maximum Gasteiger partial charge on any atom is 0.234 e. The molecule has 0 aliphatic heterocycles. The van der Waals surface area contributed by atoms with E-state index in [1.165, 1.54) is 0 Å². The summed E-state index contributed by atoms with van der Waals surface area (Å²) in [6.45, 7) is 4.73. The highest BCUT2D eigenvalue weighted by Gasteiger charge is 2.23. The summed E-state index contributed by atoms with van der Waals surface area (Å²) >= 11 is 0. The van der Waals surface area contributed by atoms with E-state index >= 15 is 0 Å². The van der Waals surface area contributed by atoms with Gasteiger partial charge in [0, 0.05) is 18.1 Å². The van der Waals surface area contributed by atoms with Crippen molar-refractivity contribution in [1.29, 1.82) is 0 Å². The quantitative estimate of drug-likeness (QED) is 0.756. The van der Waals surface area contributed by atoms with E-state index in [1.54, 1.807) is 0 Å². The fourth-order valence-electron chi connectivity index (χ4n) is 2.66. The molecule has 1 amide bonds. The number of likely N-dealkylation sites (N-methyl/N-ethyl adjacent to an activating group) is 1. The average Bonchev–Trinajstić information content (AvgIpc) is 2.36. The lowest BCUT2D eigenvalue weighted by Gasteiger charge is -2.33. The summed E-state index contributed by atoms with van der Waals surface area (Å²) in [7, 11) is 2.05. The Morgan fingerprint density at radius 2 is 1.83 bits per heavy atom. The summed E-state index contributed by atoms with van der Waals surface area (Å²) in [5.41, 5.74) is 5.90. The average molecular weight is 255 g/mol. The van der Waals surface area contributed by atoms with E-state index in [1.807, 2.05) is 7.05 Å². The standard InChI is InChI=1S/C14H29N3O/c1-4-12(5-2)16-14(18)10-17(3)13-8-6-11(15)7-9-13/h11-13H,4-10,15H2,1-3H3,(H,16,18). The Morgan fingerprint density at radius 3 is 2.33 bits per heavy atom. The molecule has 0 radical (unpaired) electrons. The van der Waals surface area contributed by atoms with Crippen LogP contribution in [0.1, 0.15) is 52.4 Å². The molecule has 4 nitrogen and oxygen atoms in total. The van der Waals surface area contributed by atoms with E-state index in [9.17, 15) is 4.79 Å². The first kappa shape index (κ1) is 15.4. The smallest absolute Gasteiger partial charge is 0.234 e. The summed E-state index contributed by atoms with van der Waals surface area (Å²) in [6.07, 6.45) is 6.42. The zero-order valence-electron chi connectivity index (χ0n) is 12.1. The van der Waals surface area contributed by atoms with E-state index < -0.39 is 0 Å². The lowest BCUT2D eigenvalue weighted by molar-refractivity contribution is -0.123. The number of carbonyl (C=O) groups is 1. The van der Waals surface area contributed by atoms with Crippen molar-refractivity contribution in [3.63, 3.8) is 0 Å². The van der Waals surface area contributed by atoms with Crippen molar-refractivity contribution < 1.29 is 4.79 Å². The van der Waals surface area contributed by atoms with Gasteiger partial charge in [-0.1, -0.05) is 13.8 Å². The van der Waals surface area contributed by atoms with Crippen molar-refractivity contribution in [3.05, 3.63) is 0 Å². The number of hydrogen-bond acceptors (Lipinski definition) is 3. The summed E-state index contributed by atoms with van der Waals surface area (Å²) in [6, 6.07) is 1.22. The number of nitrogens with zero attached hydrogens (tertiary/aromatic N) is 1. The first-order chi connectivity index (χ1) is 8.56. The number of nitrogens with one attached hydrogen (secondary N) is 1. The highest BCUT2D eigenvalue weighted by atomic mass is 16.2. The van der Waals surface area contributed by atoms with E-state index in [2.05, 4.69) is 24.1 Å². The Labute approximate surface area is 111 Å². The van der Waals surface area contributed by atoms with Crippen molar-refractivity contribution in [1.82, 2.24) is 10.2 Å². The molecule has 0 aromatic heterocycles. The maximum absolute atomic E-state index is 11.9. The topological polar surface area (TPSA) is 58.4 Å². The molecule has 0 unspecified atom stereocenters. The fourth-order valence-corrected chi connectivity index (χ4v) is 2.66. The van der Waals surface area contributed by atoms with Crippen LogP contribution in [-0.2, 0) is 4.79 Å². The van der Waals surface area contributed by atoms with Gasteiger partial charge in [0.15, 0.2) is 0 Å². The van der Waals surface area contributed by atoms with Crippen molar-refractivity contribution in [2.45, 2.75) is 70.5 Å². The van der Waals surface area contributed by atoms with Crippen LogP contribution in [0.4, 0.5) is 0 Å². The van der Waals surface area contributed by atoms with Gasteiger partial charge in [-0.05, 0) is 45.6 Å². The molecule has 1 aliphatic carbocycles. The molecular weight excluding hydrogens is 226 g/mol. The van der Waals surface area contributed by atoms with E-state index in [0.29, 0.717) is 24.7 Å². The van der Waals surface area contributed by atoms with Crippen molar-refractivity contribution in [3.8, 4) is 0 Å². The molecule has 0 aromatic carbocycles. The molecule has 1 aliphatic rings. The van der Waals surface area contributed by atoms with Gasteiger partial charge in [0.25, 0.3) is 0 Å². The summed E-state index contributed by atoms with van der Waals surface area (Å²) in [5, 5.41) is 3.09. The van der Waals surface area contributed by atoms with Crippen LogP contribution >= 0.6 is 0 Å². The van der Waals surface area contributed by atoms with Gasteiger partial charge < -0.3 is 11.1 Å². The fraction of sp³-hybridized carbons (Fsp3) is 0.929. The normalized spacial score (nSPS) is 24.6. The molecule has 3 N–H and O–H groups in total. The maximum atomic E-state index is 11.9. The van der Waals surface area contributed by atoms with Gasteiger partial charge in [-0.3, -0.25) is 9.69 Å². The molecule has 0 spiro atoms. The predicted molar refractivity (Wildman–Crippen MR) is 75.4 cm³/mol. The molecule has 4 heteroatoms. The van der Waals surface area contributed by atoms with Gasteiger partial charge in [-0.2, -0.15) is 0 Å². The van der Waals surface area contributed by atoms with Crippen molar-refractivity contribution in [2.24, 2.45) is 5.73 Å². The minimum Gasteiger partial charge on any atom is -0.352 e. The van der Waals surface area contributed by atoms with Crippen LogP contribution in [-0.4, -0.2) is 42.5 Å². The second-order valence-corrected chi connectivity index (χ2v) is 5.56. The molecular formula is C14H29N3O. The first-order valence-corrected chi connectivity index (χ1v) is 7.32. The minimum absolute atomic E-state index is 0.154. The Morgan fingerprint density at radius 1 is 1.28 bits per heavy atom.